The fourth-order valence-electron chi connectivity index (χ4n) is 3.85. The van der Waals surface area contributed by atoms with E-state index in [2.05, 4.69) is 28.6 Å². The van der Waals surface area contributed by atoms with Gasteiger partial charge in [-0.2, -0.15) is 0 Å². The Balaban J connectivity index is 1.89. The normalized spacial score (nSPS) is 30.6. The maximum Gasteiger partial charge on any atom is 0.147 e. The molecule has 2 fully saturated rings. The lowest BCUT2D eigenvalue weighted by atomic mass is 9.88. The third kappa shape index (κ3) is 2.07. The van der Waals surface area contributed by atoms with E-state index in [1.54, 1.807) is 0 Å². The van der Waals surface area contributed by atoms with Crippen molar-refractivity contribution in [2.24, 2.45) is 17.8 Å². The minimum Gasteiger partial charge on any atom is -0.313 e. The van der Waals surface area contributed by atoms with E-state index in [0.717, 1.165) is 24.2 Å². The molecule has 0 amide bonds. The van der Waals surface area contributed by atoms with E-state index in [9.17, 15) is 0 Å². The van der Waals surface area contributed by atoms with Crippen LogP contribution in [0.25, 0.3) is 0 Å². The Kier molecular flexibility index (Phi) is 3.35. The lowest BCUT2D eigenvalue weighted by Crippen LogP contribution is -2.18. The molecule has 0 aliphatic heterocycles. The topological polar surface area (TPSA) is 30.7 Å². The first kappa shape index (κ1) is 12.5. The minimum atomic E-state index is 0.473. The highest BCUT2D eigenvalue weighted by molar-refractivity contribution is 6.16. The number of aromatic nitrogens is 3. The van der Waals surface area contributed by atoms with Crippen LogP contribution in [0.4, 0.5) is 0 Å². The van der Waals surface area contributed by atoms with Crippen LogP contribution in [0.15, 0.2) is 0 Å². The molecular weight excluding hydrogens is 246 g/mol. The van der Waals surface area contributed by atoms with Crippen molar-refractivity contribution in [2.45, 2.75) is 57.9 Å². The Hall–Kier alpha value is -0.570. The molecule has 2 aliphatic rings. The van der Waals surface area contributed by atoms with Gasteiger partial charge in [-0.25, -0.2) is 0 Å². The van der Waals surface area contributed by atoms with Crippen LogP contribution in [0, 0.1) is 17.8 Å². The summed E-state index contributed by atoms with van der Waals surface area (Å²) in [6, 6.07) is 0. The van der Waals surface area contributed by atoms with Crippen molar-refractivity contribution in [1.82, 2.24) is 14.8 Å². The largest absolute Gasteiger partial charge is 0.313 e. The van der Waals surface area contributed by atoms with Gasteiger partial charge >= 0.3 is 0 Å². The monoisotopic (exact) mass is 267 g/mol. The molecule has 1 aromatic heterocycles. The van der Waals surface area contributed by atoms with Gasteiger partial charge in [-0.15, -0.1) is 21.8 Å². The molecule has 2 saturated carbocycles. The van der Waals surface area contributed by atoms with Crippen molar-refractivity contribution in [3.8, 4) is 0 Å². The van der Waals surface area contributed by atoms with Crippen LogP contribution in [-0.2, 0) is 12.4 Å². The standard InChI is InChI=1S/C14H22ClN3/c1-9(2)8-18-13(7-15)16-17-14(18)12-6-10-3-4-11(12)5-10/h9-12H,3-8H2,1-2H3. The van der Waals surface area contributed by atoms with Crippen molar-refractivity contribution in [1.29, 1.82) is 0 Å². The van der Waals surface area contributed by atoms with E-state index in [1.165, 1.54) is 31.5 Å². The Morgan fingerprint density at radius 3 is 2.67 bits per heavy atom. The lowest BCUT2D eigenvalue weighted by Gasteiger charge is -2.22. The molecule has 1 aromatic rings. The van der Waals surface area contributed by atoms with Crippen LogP contribution in [0.5, 0.6) is 0 Å². The van der Waals surface area contributed by atoms with Gasteiger partial charge in [-0.1, -0.05) is 20.3 Å². The molecule has 2 aliphatic carbocycles. The van der Waals surface area contributed by atoms with Crippen LogP contribution in [-0.4, -0.2) is 14.8 Å². The van der Waals surface area contributed by atoms with Gasteiger partial charge < -0.3 is 4.57 Å². The van der Waals surface area contributed by atoms with E-state index >= 15 is 0 Å². The van der Waals surface area contributed by atoms with E-state index in [1.807, 2.05) is 0 Å². The van der Waals surface area contributed by atoms with Crippen molar-refractivity contribution >= 4 is 11.6 Å². The lowest BCUT2D eigenvalue weighted by molar-refractivity contribution is 0.381. The second kappa shape index (κ2) is 4.84. The number of hydrogen-bond donors (Lipinski definition) is 0. The maximum atomic E-state index is 5.99. The predicted molar refractivity (Wildman–Crippen MR) is 72.6 cm³/mol. The number of alkyl halides is 1. The zero-order valence-corrected chi connectivity index (χ0v) is 12.0. The summed E-state index contributed by atoms with van der Waals surface area (Å²) in [4.78, 5) is 0. The third-order valence-corrected chi connectivity index (χ3v) is 4.83. The van der Waals surface area contributed by atoms with Crippen LogP contribution in [0.1, 0.15) is 57.1 Å². The van der Waals surface area contributed by atoms with E-state index in [0.29, 0.717) is 17.7 Å². The summed E-state index contributed by atoms with van der Waals surface area (Å²) < 4.78 is 2.29. The maximum absolute atomic E-state index is 5.99. The number of halogens is 1. The summed E-state index contributed by atoms with van der Waals surface area (Å²) in [5, 5.41) is 8.77. The van der Waals surface area contributed by atoms with Gasteiger partial charge in [-0.05, 0) is 37.0 Å². The summed E-state index contributed by atoms with van der Waals surface area (Å²) in [6.45, 7) is 5.48. The number of nitrogens with zero attached hydrogens (tertiary/aromatic N) is 3. The highest BCUT2D eigenvalue weighted by Crippen LogP contribution is 2.52. The summed E-state index contributed by atoms with van der Waals surface area (Å²) in [5.41, 5.74) is 0. The van der Waals surface area contributed by atoms with Gasteiger partial charge in [-0.3, -0.25) is 0 Å². The molecule has 0 N–H and O–H groups in total. The SMILES string of the molecule is CC(C)Cn1c(CCl)nnc1C1CC2CCC1C2. The molecule has 2 bridgehead atoms. The molecule has 4 heteroatoms. The Bertz CT molecular complexity index is 427. The number of fused-ring (bicyclic) bond motifs is 2. The van der Waals surface area contributed by atoms with E-state index < -0.39 is 0 Å². The molecule has 3 nitrogen and oxygen atoms in total. The zero-order chi connectivity index (χ0) is 12.7. The molecule has 1 heterocycles. The van der Waals surface area contributed by atoms with Crippen molar-refractivity contribution in [2.75, 3.05) is 0 Å². The smallest absolute Gasteiger partial charge is 0.147 e. The molecule has 0 saturated heterocycles. The summed E-state index contributed by atoms with van der Waals surface area (Å²) in [7, 11) is 0. The van der Waals surface area contributed by atoms with Crippen LogP contribution < -0.4 is 0 Å². The molecule has 0 spiro atoms. The quantitative estimate of drug-likeness (QED) is 0.781. The van der Waals surface area contributed by atoms with Gasteiger partial charge in [0.15, 0.2) is 0 Å². The summed E-state index contributed by atoms with van der Waals surface area (Å²) >= 11 is 5.99. The number of hydrogen-bond acceptors (Lipinski definition) is 2. The van der Waals surface area contributed by atoms with Gasteiger partial charge in [0.05, 0.1) is 5.88 Å². The van der Waals surface area contributed by atoms with Crippen LogP contribution >= 0.6 is 11.6 Å². The fraction of sp³-hybridized carbons (Fsp3) is 0.857. The van der Waals surface area contributed by atoms with Crippen molar-refractivity contribution in [3.05, 3.63) is 11.6 Å². The summed E-state index contributed by atoms with van der Waals surface area (Å²) in [6.07, 6.45) is 5.56. The van der Waals surface area contributed by atoms with Gasteiger partial charge in [0, 0.05) is 12.5 Å². The average molecular weight is 268 g/mol. The third-order valence-electron chi connectivity index (χ3n) is 4.59. The predicted octanol–water partition coefficient (Wildman–Crippen LogP) is 3.58. The van der Waals surface area contributed by atoms with Gasteiger partial charge in [0.2, 0.25) is 0 Å². The number of rotatable bonds is 4. The Morgan fingerprint density at radius 2 is 2.11 bits per heavy atom. The minimum absolute atomic E-state index is 0.473. The molecule has 0 aromatic carbocycles. The molecule has 100 valence electrons. The first-order valence-electron chi connectivity index (χ1n) is 7.17. The molecule has 0 radical (unpaired) electrons. The molecule has 18 heavy (non-hydrogen) atoms. The Labute approximate surface area is 114 Å². The fourth-order valence-corrected chi connectivity index (χ4v) is 4.05. The summed E-state index contributed by atoms with van der Waals surface area (Å²) in [5.74, 6) is 5.69. The van der Waals surface area contributed by atoms with Crippen molar-refractivity contribution < 1.29 is 0 Å². The molecule has 3 atom stereocenters. The second-order valence-corrected chi connectivity index (χ2v) is 6.66. The van der Waals surface area contributed by atoms with E-state index in [-0.39, 0.29) is 0 Å². The van der Waals surface area contributed by atoms with Gasteiger partial charge in [0.1, 0.15) is 11.6 Å². The highest BCUT2D eigenvalue weighted by atomic mass is 35.5. The highest BCUT2D eigenvalue weighted by Gasteiger charge is 2.42. The zero-order valence-electron chi connectivity index (χ0n) is 11.3. The molecule has 3 unspecified atom stereocenters. The van der Waals surface area contributed by atoms with Gasteiger partial charge in [0.25, 0.3) is 0 Å². The van der Waals surface area contributed by atoms with Crippen LogP contribution in [0.2, 0.25) is 0 Å². The van der Waals surface area contributed by atoms with E-state index in [4.69, 9.17) is 11.6 Å². The first-order valence-corrected chi connectivity index (χ1v) is 7.70. The molecular formula is C14H22ClN3. The Morgan fingerprint density at radius 1 is 1.28 bits per heavy atom. The van der Waals surface area contributed by atoms with Crippen molar-refractivity contribution in [3.63, 3.8) is 0 Å². The second-order valence-electron chi connectivity index (χ2n) is 6.39. The average Bonchev–Trinajstić information content (AvgIpc) is 3.01. The molecule has 3 rings (SSSR count). The first-order chi connectivity index (χ1) is 8.69. The van der Waals surface area contributed by atoms with Crippen LogP contribution in [0.3, 0.4) is 0 Å².